The van der Waals surface area contributed by atoms with Crippen LogP contribution in [0, 0.1) is 0 Å². The molecule has 1 aromatic rings. The second-order valence-electron chi connectivity index (χ2n) is 4.36. The molecular weight excluding hydrogens is 224 g/mol. The molecule has 1 N–H and O–H groups in total. The highest BCUT2D eigenvalue weighted by molar-refractivity contribution is 8.77. The number of hydrogen-bond acceptors (Lipinski definition) is 3. The molecule has 0 aliphatic rings. The first-order valence-corrected chi connectivity index (χ1v) is 7.22. The largest absolute Gasteiger partial charge is 0.396 e. The summed E-state index contributed by atoms with van der Waals surface area (Å²) in [6.45, 7) is 6.84. The highest BCUT2D eigenvalue weighted by Gasteiger charge is 2.12. The van der Waals surface area contributed by atoms with Crippen molar-refractivity contribution < 1.29 is 5.11 Å². The van der Waals surface area contributed by atoms with Crippen LogP contribution in [-0.2, 0) is 6.42 Å². The van der Waals surface area contributed by atoms with Crippen LogP contribution in [0.15, 0.2) is 29.2 Å². The van der Waals surface area contributed by atoms with E-state index in [0.717, 1.165) is 6.42 Å². The van der Waals surface area contributed by atoms with Crippen molar-refractivity contribution in [1.82, 2.24) is 0 Å². The molecule has 0 radical (unpaired) electrons. The summed E-state index contributed by atoms with van der Waals surface area (Å²) in [5.41, 5.74) is 1.24. The lowest BCUT2D eigenvalue weighted by Gasteiger charge is -2.17. The van der Waals surface area contributed by atoms with Gasteiger partial charge in [0.1, 0.15) is 0 Å². The van der Waals surface area contributed by atoms with Crippen molar-refractivity contribution in [2.45, 2.75) is 36.8 Å². The van der Waals surface area contributed by atoms with Crippen molar-refractivity contribution in [3.63, 3.8) is 0 Å². The van der Waals surface area contributed by atoms with E-state index in [9.17, 15) is 0 Å². The normalized spacial score (nSPS) is 11.7. The molecule has 15 heavy (non-hydrogen) atoms. The van der Waals surface area contributed by atoms with E-state index in [0.29, 0.717) is 0 Å². The Balaban J connectivity index is 2.67. The molecule has 0 bridgehead atoms. The predicted octanol–water partition coefficient (Wildman–Crippen LogP) is 3.76. The molecule has 1 aromatic carbocycles. The van der Waals surface area contributed by atoms with Crippen LogP contribution in [0.2, 0.25) is 0 Å². The van der Waals surface area contributed by atoms with Crippen molar-refractivity contribution in [1.29, 1.82) is 0 Å². The van der Waals surface area contributed by atoms with E-state index in [2.05, 4.69) is 32.9 Å². The molecular formula is C12H18OS2. The molecule has 0 saturated carbocycles. The minimum Gasteiger partial charge on any atom is -0.396 e. The Morgan fingerprint density at radius 3 is 2.47 bits per heavy atom. The van der Waals surface area contributed by atoms with Gasteiger partial charge < -0.3 is 5.11 Å². The zero-order valence-electron chi connectivity index (χ0n) is 9.49. The third-order valence-electron chi connectivity index (χ3n) is 1.74. The fourth-order valence-corrected chi connectivity index (χ4v) is 3.34. The van der Waals surface area contributed by atoms with Gasteiger partial charge in [-0.1, -0.05) is 60.6 Å². The number of hydrogen-bond donors (Lipinski definition) is 1. The Morgan fingerprint density at radius 2 is 1.87 bits per heavy atom. The average Bonchev–Trinajstić information content (AvgIpc) is 2.16. The van der Waals surface area contributed by atoms with Crippen LogP contribution in [0.1, 0.15) is 26.3 Å². The summed E-state index contributed by atoms with van der Waals surface area (Å²) in [4.78, 5) is 1.27. The van der Waals surface area contributed by atoms with Gasteiger partial charge in [0.2, 0.25) is 0 Å². The maximum absolute atomic E-state index is 8.96. The zero-order chi connectivity index (χ0) is 11.3. The van der Waals surface area contributed by atoms with Gasteiger partial charge in [-0.15, -0.1) is 0 Å². The zero-order valence-corrected chi connectivity index (χ0v) is 11.1. The van der Waals surface area contributed by atoms with Crippen LogP contribution in [-0.4, -0.2) is 16.5 Å². The van der Waals surface area contributed by atoms with Crippen molar-refractivity contribution in [3.05, 3.63) is 29.8 Å². The molecule has 0 aliphatic carbocycles. The SMILES string of the molecule is CC(C)(C)SSc1ccccc1CCO. The van der Waals surface area contributed by atoms with E-state index in [4.69, 9.17) is 5.11 Å². The third-order valence-corrected chi connectivity index (χ3v) is 5.19. The highest BCUT2D eigenvalue weighted by Crippen LogP contribution is 2.41. The van der Waals surface area contributed by atoms with E-state index in [1.165, 1.54) is 10.5 Å². The number of aliphatic hydroxyl groups is 1. The molecule has 3 heteroatoms. The van der Waals surface area contributed by atoms with Crippen LogP contribution < -0.4 is 0 Å². The van der Waals surface area contributed by atoms with E-state index in [1.54, 1.807) is 10.8 Å². The second-order valence-corrected chi connectivity index (χ2v) is 7.36. The van der Waals surface area contributed by atoms with Gasteiger partial charge >= 0.3 is 0 Å². The van der Waals surface area contributed by atoms with Gasteiger partial charge in [0.15, 0.2) is 0 Å². The standard InChI is InChI=1S/C12H18OS2/c1-12(2,3)15-14-11-7-5-4-6-10(11)8-9-13/h4-7,13H,8-9H2,1-3H3. The molecule has 84 valence electrons. The highest BCUT2D eigenvalue weighted by atomic mass is 33.1. The van der Waals surface area contributed by atoms with Crippen LogP contribution in [0.3, 0.4) is 0 Å². The lowest BCUT2D eigenvalue weighted by molar-refractivity contribution is 0.299. The second kappa shape index (κ2) is 5.83. The van der Waals surface area contributed by atoms with Crippen LogP contribution in [0.4, 0.5) is 0 Å². The van der Waals surface area contributed by atoms with Gasteiger partial charge in [-0.2, -0.15) is 0 Å². The van der Waals surface area contributed by atoms with Crippen LogP contribution in [0.25, 0.3) is 0 Å². The summed E-state index contributed by atoms with van der Waals surface area (Å²) < 4.78 is 0.261. The summed E-state index contributed by atoms with van der Waals surface area (Å²) in [6, 6.07) is 8.28. The number of aliphatic hydroxyl groups excluding tert-OH is 1. The van der Waals surface area contributed by atoms with Gasteiger partial charge in [-0.05, 0) is 18.1 Å². The van der Waals surface area contributed by atoms with Crippen molar-refractivity contribution in [3.8, 4) is 0 Å². The minimum atomic E-state index is 0.220. The Bertz CT molecular complexity index is 305. The molecule has 1 nitrogen and oxygen atoms in total. The van der Waals surface area contributed by atoms with Gasteiger partial charge in [0, 0.05) is 16.2 Å². The Kier molecular flexibility index (Phi) is 5.03. The summed E-state index contributed by atoms with van der Waals surface area (Å²) in [5, 5.41) is 8.96. The monoisotopic (exact) mass is 242 g/mol. The summed E-state index contributed by atoms with van der Waals surface area (Å²) in [7, 11) is 3.66. The molecule has 0 spiro atoms. The average molecular weight is 242 g/mol. The molecule has 0 heterocycles. The van der Waals surface area contributed by atoms with Gasteiger partial charge in [0.05, 0.1) is 0 Å². The van der Waals surface area contributed by atoms with E-state index in [-0.39, 0.29) is 11.4 Å². The fraction of sp³-hybridized carbons (Fsp3) is 0.500. The van der Waals surface area contributed by atoms with Crippen molar-refractivity contribution in [2.75, 3.05) is 6.61 Å². The third kappa shape index (κ3) is 4.96. The van der Waals surface area contributed by atoms with Crippen LogP contribution in [0.5, 0.6) is 0 Å². The van der Waals surface area contributed by atoms with E-state index < -0.39 is 0 Å². The smallest absolute Gasteiger partial charge is 0.0471 e. The van der Waals surface area contributed by atoms with Gasteiger partial charge in [-0.25, -0.2) is 0 Å². The van der Waals surface area contributed by atoms with Gasteiger partial charge in [-0.3, -0.25) is 0 Å². The van der Waals surface area contributed by atoms with E-state index in [1.807, 2.05) is 22.9 Å². The Morgan fingerprint density at radius 1 is 1.20 bits per heavy atom. The predicted molar refractivity (Wildman–Crippen MR) is 70.4 cm³/mol. The molecule has 0 saturated heterocycles. The molecule has 0 unspecified atom stereocenters. The molecule has 1 rings (SSSR count). The quantitative estimate of drug-likeness (QED) is 0.812. The Labute approximate surface area is 100 Å². The number of rotatable bonds is 4. The molecule has 0 amide bonds. The van der Waals surface area contributed by atoms with Crippen molar-refractivity contribution in [2.24, 2.45) is 0 Å². The summed E-state index contributed by atoms with van der Waals surface area (Å²) in [6.07, 6.45) is 0.744. The first-order valence-electron chi connectivity index (χ1n) is 5.07. The summed E-state index contributed by atoms with van der Waals surface area (Å²) in [5.74, 6) is 0. The Hall–Kier alpha value is -0.120. The first kappa shape index (κ1) is 12.9. The lowest BCUT2D eigenvalue weighted by Crippen LogP contribution is -2.04. The van der Waals surface area contributed by atoms with Crippen LogP contribution >= 0.6 is 21.6 Å². The van der Waals surface area contributed by atoms with Crippen molar-refractivity contribution >= 4 is 21.6 Å². The summed E-state index contributed by atoms with van der Waals surface area (Å²) >= 11 is 0. The van der Waals surface area contributed by atoms with Gasteiger partial charge in [0.25, 0.3) is 0 Å². The first-order chi connectivity index (χ1) is 7.03. The lowest BCUT2D eigenvalue weighted by atomic mass is 10.2. The van der Waals surface area contributed by atoms with E-state index >= 15 is 0 Å². The molecule has 0 aliphatic heterocycles. The fourth-order valence-electron chi connectivity index (χ4n) is 1.08. The molecule has 0 aromatic heterocycles. The maximum Gasteiger partial charge on any atom is 0.0471 e. The minimum absolute atomic E-state index is 0.220. The molecule has 0 fully saturated rings. The molecule has 0 atom stereocenters. The number of benzene rings is 1. The topological polar surface area (TPSA) is 20.2 Å². The maximum atomic E-state index is 8.96.